The second-order valence-corrected chi connectivity index (χ2v) is 6.13. The first-order chi connectivity index (χ1) is 9.18. The Hall–Kier alpha value is -1.87. The lowest BCUT2D eigenvalue weighted by molar-refractivity contribution is 0.544. The maximum absolute atomic E-state index is 12.1. The molecule has 2 aromatic rings. The smallest absolute Gasteiger partial charge is 0.186 e. The zero-order chi connectivity index (χ0) is 15.1. The van der Waals surface area contributed by atoms with Gasteiger partial charge in [-0.3, -0.25) is 4.79 Å². The Morgan fingerprint density at radius 2 is 1.55 bits per heavy atom. The molecule has 0 spiro atoms. The molecule has 2 rings (SSSR count). The Labute approximate surface area is 120 Å². The van der Waals surface area contributed by atoms with Crippen molar-refractivity contribution in [3.63, 3.8) is 0 Å². The second-order valence-electron chi connectivity index (χ2n) is 6.13. The second kappa shape index (κ2) is 4.91. The van der Waals surface area contributed by atoms with E-state index in [9.17, 15) is 4.79 Å². The Balaban J connectivity index is 2.71. The van der Waals surface area contributed by atoms with Crippen LogP contribution in [0.25, 0.3) is 5.69 Å². The summed E-state index contributed by atoms with van der Waals surface area (Å²) in [5.41, 5.74) is 10.4. The van der Waals surface area contributed by atoms with E-state index in [-0.39, 0.29) is 5.43 Å². The van der Waals surface area contributed by atoms with Gasteiger partial charge >= 0.3 is 0 Å². The van der Waals surface area contributed by atoms with Gasteiger partial charge in [0.05, 0.1) is 0 Å². The van der Waals surface area contributed by atoms with Gasteiger partial charge in [0, 0.05) is 34.7 Å². The van der Waals surface area contributed by atoms with Gasteiger partial charge in [-0.1, -0.05) is 6.07 Å². The zero-order valence-electron chi connectivity index (χ0n) is 12.8. The van der Waals surface area contributed by atoms with Crippen molar-refractivity contribution in [2.24, 2.45) is 5.73 Å². The molecular weight excluding hydrogens is 248 g/mol. The van der Waals surface area contributed by atoms with E-state index in [1.54, 1.807) is 6.07 Å². The fraction of sp³-hybridized carbons (Fsp3) is 0.353. The fourth-order valence-corrected chi connectivity index (χ4v) is 2.48. The molecule has 106 valence electrons. The molecule has 1 heterocycles. The van der Waals surface area contributed by atoms with Gasteiger partial charge < -0.3 is 10.3 Å². The average Bonchev–Trinajstić information content (AvgIpc) is 2.25. The van der Waals surface area contributed by atoms with Crippen molar-refractivity contribution in [1.29, 1.82) is 0 Å². The first-order valence-electron chi connectivity index (χ1n) is 6.80. The number of nitrogens with zero attached hydrogens (tertiary/aromatic N) is 1. The van der Waals surface area contributed by atoms with E-state index < -0.39 is 5.54 Å². The zero-order valence-corrected chi connectivity index (χ0v) is 12.8. The summed E-state index contributed by atoms with van der Waals surface area (Å²) in [5.74, 6) is 0. The summed E-state index contributed by atoms with van der Waals surface area (Å²) in [4.78, 5) is 12.1. The standard InChI is InChI=1S/C17H22N2O/c1-11-6-12(2)8-14(7-11)19-10-15(17(4,5)18)16(20)9-13(19)3/h6-10H,18H2,1-5H3. The number of aryl methyl sites for hydroxylation is 3. The Bertz CT molecular complexity index is 686. The quantitative estimate of drug-likeness (QED) is 0.912. The lowest BCUT2D eigenvalue weighted by Crippen LogP contribution is -2.35. The molecule has 1 aromatic carbocycles. The Kier molecular flexibility index (Phi) is 3.57. The van der Waals surface area contributed by atoms with Crippen LogP contribution in [0.3, 0.4) is 0 Å². The van der Waals surface area contributed by atoms with Gasteiger partial charge in [-0.05, 0) is 57.9 Å². The van der Waals surface area contributed by atoms with Gasteiger partial charge in [-0.25, -0.2) is 0 Å². The van der Waals surface area contributed by atoms with Crippen LogP contribution in [-0.4, -0.2) is 4.57 Å². The van der Waals surface area contributed by atoms with E-state index in [4.69, 9.17) is 5.73 Å². The predicted molar refractivity (Wildman–Crippen MR) is 83.5 cm³/mol. The maximum Gasteiger partial charge on any atom is 0.186 e. The molecule has 0 bridgehead atoms. The van der Waals surface area contributed by atoms with E-state index in [1.165, 1.54) is 11.1 Å². The maximum atomic E-state index is 12.1. The molecule has 0 amide bonds. The van der Waals surface area contributed by atoms with Crippen molar-refractivity contribution in [3.8, 4) is 5.69 Å². The predicted octanol–water partition coefficient (Wildman–Crippen LogP) is 2.96. The minimum absolute atomic E-state index is 0.00405. The summed E-state index contributed by atoms with van der Waals surface area (Å²) < 4.78 is 2.03. The van der Waals surface area contributed by atoms with E-state index >= 15 is 0 Å². The molecule has 1 aromatic heterocycles. The molecular formula is C17H22N2O. The monoisotopic (exact) mass is 270 g/mol. The van der Waals surface area contributed by atoms with Gasteiger partial charge in [-0.15, -0.1) is 0 Å². The minimum Gasteiger partial charge on any atom is -0.322 e. The summed E-state index contributed by atoms with van der Waals surface area (Å²) >= 11 is 0. The normalized spacial score (nSPS) is 11.7. The molecule has 3 nitrogen and oxygen atoms in total. The molecule has 0 aliphatic heterocycles. The SMILES string of the molecule is Cc1cc(C)cc(-n2cc(C(C)(C)N)c(=O)cc2C)c1. The van der Waals surface area contributed by atoms with Crippen molar-refractivity contribution in [2.45, 2.75) is 40.2 Å². The first-order valence-corrected chi connectivity index (χ1v) is 6.80. The molecule has 0 saturated carbocycles. The highest BCUT2D eigenvalue weighted by atomic mass is 16.1. The fourth-order valence-electron chi connectivity index (χ4n) is 2.48. The molecule has 0 saturated heterocycles. The van der Waals surface area contributed by atoms with Gasteiger partial charge in [0.25, 0.3) is 0 Å². The Morgan fingerprint density at radius 3 is 2.05 bits per heavy atom. The lowest BCUT2D eigenvalue weighted by atomic mass is 9.96. The van der Waals surface area contributed by atoms with Crippen molar-refractivity contribution in [2.75, 3.05) is 0 Å². The highest BCUT2D eigenvalue weighted by molar-refractivity contribution is 5.42. The first kappa shape index (κ1) is 14.5. The van der Waals surface area contributed by atoms with Crippen molar-refractivity contribution in [3.05, 3.63) is 63.1 Å². The van der Waals surface area contributed by atoms with Crippen LogP contribution >= 0.6 is 0 Å². The molecule has 0 unspecified atom stereocenters. The highest BCUT2D eigenvalue weighted by Gasteiger charge is 2.19. The number of hydrogen-bond donors (Lipinski definition) is 1. The van der Waals surface area contributed by atoms with E-state index in [1.807, 2.05) is 31.5 Å². The highest BCUT2D eigenvalue weighted by Crippen LogP contribution is 2.19. The minimum atomic E-state index is -0.647. The number of nitrogens with two attached hydrogens (primary N) is 1. The van der Waals surface area contributed by atoms with Crippen LogP contribution in [0.1, 0.15) is 36.2 Å². The van der Waals surface area contributed by atoms with Gasteiger partial charge in [0.1, 0.15) is 0 Å². The van der Waals surface area contributed by atoms with Gasteiger partial charge in [-0.2, -0.15) is 0 Å². The molecule has 0 aliphatic carbocycles. The third kappa shape index (κ3) is 2.83. The van der Waals surface area contributed by atoms with E-state index in [0.29, 0.717) is 5.56 Å². The molecule has 0 atom stereocenters. The van der Waals surface area contributed by atoms with Crippen LogP contribution in [0, 0.1) is 20.8 Å². The molecule has 0 aliphatic rings. The van der Waals surface area contributed by atoms with Gasteiger partial charge in [0.2, 0.25) is 0 Å². The molecule has 20 heavy (non-hydrogen) atoms. The Morgan fingerprint density at radius 1 is 1.00 bits per heavy atom. The number of pyridine rings is 1. The number of aromatic nitrogens is 1. The summed E-state index contributed by atoms with van der Waals surface area (Å²) in [6.45, 7) is 9.78. The number of benzene rings is 1. The summed E-state index contributed by atoms with van der Waals surface area (Å²) in [6.07, 6.45) is 1.87. The average molecular weight is 270 g/mol. The molecule has 0 fully saturated rings. The van der Waals surface area contributed by atoms with Crippen LogP contribution in [0.15, 0.2) is 35.3 Å². The largest absolute Gasteiger partial charge is 0.322 e. The molecule has 2 N–H and O–H groups in total. The van der Waals surface area contributed by atoms with Gasteiger partial charge in [0.15, 0.2) is 5.43 Å². The third-order valence-corrected chi connectivity index (χ3v) is 3.42. The van der Waals surface area contributed by atoms with Crippen molar-refractivity contribution < 1.29 is 0 Å². The van der Waals surface area contributed by atoms with Crippen LogP contribution < -0.4 is 11.2 Å². The summed E-state index contributed by atoms with van der Waals surface area (Å²) in [7, 11) is 0. The summed E-state index contributed by atoms with van der Waals surface area (Å²) in [5, 5.41) is 0. The number of rotatable bonds is 2. The van der Waals surface area contributed by atoms with Crippen LogP contribution in [-0.2, 0) is 5.54 Å². The van der Waals surface area contributed by atoms with E-state index in [0.717, 1.165) is 11.4 Å². The van der Waals surface area contributed by atoms with Crippen LogP contribution in [0.2, 0.25) is 0 Å². The van der Waals surface area contributed by atoms with E-state index in [2.05, 4.69) is 32.0 Å². The van der Waals surface area contributed by atoms with Crippen LogP contribution in [0.5, 0.6) is 0 Å². The summed E-state index contributed by atoms with van der Waals surface area (Å²) in [6, 6.07) is 8.01. The lowest BCUT2D eigenvalue weighted by Gasteiger charge is -2.21. The van der Waals surface area contributed by atoms with Crippen LogP contribution in [0.4, 0.5) is 0 Å². The van der Waals surface area contributed by atoms with Crippen molar-refractivity contribution in [1.82, 2.24) is 4.57 Å². The molecule has 3 heteroatoms. The molecule has 0 radical (unpaired) electrons. The topological polar surface area (TPSA) is 48.0 Å². The van der Waals surface area contributed by atoms with Crippen molar-refractivity contribution >= 4 is 0 Å². The third-order valence-electron chi connectivity index (χ3n) is 3.42. The number of hydrogen-bond acceptors (Lipinski definition) is 2.